The molecule has 10 heteroatoms. The first-order chi connectivity index (χ1) is 13.5. The van der Waals surface area contributed by atoms with Gasteiger partial charge in [0.1, 0.15) is 5.01 Å². The highest BCUT2D eigenvalue weighted by molar-refractivity contribution is 8.00. The quantitative estimate of drug-likeness (QED) is 0.560. The summed E-state index contributed by atoms with van der Waals surface area (Å²) in [4.78, 5) is 16.6. The molecule has 3 heterocycles. The van der Waals surface area contributed by atoms with Crippen molar-refractivity contribution in [3.63, 3.8) is 0 Å². The number of carbonyl (C=O) groups is 1. The monoisotopic (exact) mass is 417 g/mol. The van der Waals surface area contributed by atoms with Crippen LogP contribution in [0.3, 0.4) is 0 Å². The van der Waals surface area contributed by atoms with Crippen LogP contribution in [0.4, 0.5) is 5.13 Å². The van der Waals surface area contributed by atoms with E-state index >= 15 is 0 Å². The number of hydrogen-bond donors (Lipinski definition) is 1. The van der Waals surface area contributed by atoms with Crippen LogP contribution >= 0.6 is 23.1 Å². The number of aryl methyl sites for hydroxylation is 1. The number of carbonyl (C=O) groups excluding carboxylic acids is 1. The van der Waals surface area contributed by atoms with E-state index in [-0.39, 0.29) is 11.2 Å². The van der Waals surface area contributed by atoms with Crippen molar-refractivity contribution >= 4 is 34.1 Å². The lowest BCUT2D eigenvalue weighted by molar-refractivity contribution is -0.115. The summed E-state index contributed by atoms with van der Waals surface area (Å²) >= 11 is 2.78. The molecular weight excluding hydrogens is 394 g/mol. The molecule has 8 nitrogen and oxygen atoms in total. The first kappa shape index (κ1) is 20.4. The molecule has 1 unspecified atom stereocenters. The van der Waals surface area contributed by atoms with E-state index in [0.29, 0.717) is 11.0 Å². The van der Waals surface area contributed by atoms with Crippen LogP contribution in [0.5, 0.6) is 0 Å². The van der Waals surface area contributed by atoms with Gasteiger partial charge in [-0.05, 0) is 31.4 Å². The number of anilines is 1. The van der Waals surface area contributed by atoms with Crippen LogP contribution in [0.25, 0.3) is 11.4 Å². The largest absolute Gasteiger partial charge is 0.302 e. The third kappa shape index (κ3) is 4.93. The summed E-state index contributed by atoms with van der Waals surface area (Å²) in [6.45, 7) is 8.90. The van der Waals surface area contributed by atoms with Crippen LogP contribution in [-0.4, -0.2) is 41.1 Å². The Morgan fingerprint density at radius 3 is 2.57 bits per heavy atom. The van der Waals surface area contributed by atoms with E-state index in [0.717, 1.165) is 34.5 Å². The molecule has 0 saturated heterocycles. The van der Waals surface area contributed by atoms with Crippen LogP contribution in [0.2, 0.25) is 0 Å². The predicted molar refractivity (Wildman–Crippen MR) is 111 cm³/mol. The van der Waals surface area contributed by atoms with Gasteiger partial charge in [-0.2, -0.15) is 0 Å². The molecule has 148 valence electrons. The maximum absolute atomic E-state index is 12.6. The Bertz CT molecular complexity index is 923. The number of nitrogens with zero attached hydrogens (tertiary/aromatic N) is 6. The molecule has 0 radical (unpaired) electrons. The predicted octanol–water partition coefficient (Wildman–Crippen LogP) is 3.53. The number of aromatic nitrogens is 6. The van der Waals surface area contributed by atoms with Gasteiger partial charge < -0.3 is 4.57 Å². The van der Waals surface area contributed by atoms with Gasteiger partial charge in [0.2, 0.25) is 11.0 Å². The minimum Gasteiger partial charge on any atom is -0.302 e. The van der Waals surface area contributed by atoms with E-state index in [1.54, 1.807) is 12.4 Å². The van der Waals surface area contributed by atoms with Crippen molar-refractivity contribution in [3.05, 3.63) is 29.5 Å². The van der Waals surface area contributed by atoms with E-state index in [2.05, 4.69) is 49.1 Å². The van der Waals surface area contributed by atoms with Gasteiger partial charge in [-0.3, -0.25) is 15.1 Å². The Hall–Kier alpha value is -2.33. The molecule has 3 aromatic rings. The van der Waals surface area contributed by atoms with Gasteiger partial charge in [0.15, 0.2) is 11.0 Å². The maximum atomic E-state index is 12.6. The molecule has 0 fully saturated rings. The van der Waals surface area contributed by atoms with Gasteiger partial charge in [-0.25, -0.2) is 0 Å². The summed E-state index contributed by atoms with van der Waals surface area (Å²) in [5, 5.41) is 21.4. The van der Waals surface area contributed by atoms with Gasteiger partial charge in [0.25, 0.3) is 0 Å². The lowest BCUT2D eigenvalue weighted by atomic mass is 10.2. The average molecular weight is 418 g/mol. The van der Waals surface area contributed by atoms with Crippen molar-refractivity contribution in [2.75, 3.05) is 5.32 Å². The molecule has 0 aromatic carbocycles. The van der Waals surface area contributed by atoms with Gasteiger partial charge in [0, 0.05) is 24.5 Å². The fourth-order valence-electron chi connectivity index (χ4n) is 2.49. The SMILES string of the molecule is CCc1nnc(NC(=O)C(C)Sc2nnc(-c3ccncc3)n2CC(C)C)s1. The molecule has 3 aromatic heterocycles. The normalized spacial score (nSPS) is 12.3. The third-order valence-electron chi connectivity index (χ3n) is 3.85. The van der Waals surface area contributed by atoms with Crippen LogP contribution in [0, 0.1) is 5.92 Å². The van der Waals surface area contributed by atoms with Crippen molar-refractivity contribution in [2.45, 2.75) is 51.1 Å². The molecule has 0 spiro atoms. The Balaban J connectivity index is 1.77. The van der Waals surface area contributed by atoms with Crippen molar-refractivity contribution < 1.29 is 4.79 Å². The molecule has 0 aliphatic heterocycles. The summed E-state index contributed by atoms with van der Waals surface area (Å²) in [6, 6.07) is 3.82. The van der Waals surface area contributed by atoms with Gasteiger partial charge >= 0.3 is 0 Å². The number of rotatable bonds is 8. The fourth-order valence-corrected chi connectivity index (χ4v) is 4.03. The molecule has 3 rings (SSSR count). The smallest absolute Gasteiger partial charge is 0.239 e. The first-order valence-corrected chi connectivity index (χ1v) is 10.8. The standard InChI is InChI=1S/C18H23N7OS2/c1-5-14-21-23-17(28-14)20-16(26)12(4)27-18-24-22-15(25(18)10-11(2)3)13-6-8-19-9-7-13/h6-9,11-12H,5,10H2,1-4H3,(H,20,23,26). The number of pyridine rings is 1. The molecular formula is C18H23N7OS2. The fraction of sp³-hybridized carbons (Fsp3) is 0.444. The Kier molecular flexibility index (Phi) is 6.74. The summed E-state index contributed by atoms with van der Waals surface area (Å²) < 4.78 is 2.06. The second kappa shape index (κ2) is 9.24. The average Bonchev–Trinajstić information content (AvgIpc) is 3.29. The summed E-state index contributed by atoms with van der Waals surface area (Å²) in [5.41, 5.74) is 0.952. The van der Waals surface area contributed by atoms with Crippen LogP contribution in [0.15, 0.2) is 29.7 Å². The second-order valence-corrected chi connectivity index (χ2v) is 9.02. The highest BCUT2D eigenvalue weighted by Crippen LogP contribution is 2.28. The molecule has 1 N–H and O–H groups in total. The molecule has 0 saturated carbocycles. The van der Waals surface area contributed by atoms with Crippen LogP contribution in [-0.2, 0) is 17.8 Å². The van der Waals surface area contributed by atoms with Gasteiger partial charge in [-0.1, -0.05) is 43.9 Å². The number of amides is 1. The van der Waals surface area contributed by atoms with E-state index in [1.165, 1.54) is 23.1 Å². The third-order valence-corrected chi connectivity index (χ3v) is 5.92. The first-order valence-electron chi connectivity index (χ1n) is 9.11. The Morgan fingerprint density at radius 1 is 1.18 bits per heavy atom. The van der Waals surface area contributed by atoms with Gasteiger partial charge in [-0.15, -0.1) is 20.4 Å². The van der Waals surface area contributed by atoms with Crippen LogP contribution < -0.4 is 5.32 Å². The lowest BCUT2D eigenvalue weighted by Gasteiger charge is -2.14. The van der Waals surface area contributed by atoms with Crippen molar-refractivity contribution in [1.82, 2.24) is 29.9 Å². The minimum absolute atomic E-state index is 0.131. The molecule has 28 heavy (non-hydrogen) atoms. The van der Waals surface area contributed by atoms with Crippen molar-refractivity contribution in [2.24, 2.45) is 5.92 Å². The highest BCUT2D eigenvalue weighted by Gasteiger charge is 2.22. The zero-order chi connectivity index (χ0) is 20.1. The Labute approximate surface area is 172 Å². The topological polar surface area (TPSA) is 98.5 Å². The van der Waals surface area contributed by atoms with E-state index in [9.17, 15) is 4.79 Å². The molecule has 1 atom stereocenters. The molecule has 1 amide bonds. The zero-order valence-electron chi connectivity index (χ0n) is 16.3. The van der Waals surface area contributed by atoms with Crippen molar-refractivity contribution in [1.29, 1.82) is 0 Å². The van der Waals surface area contributed by atoms with Crippen LogP contribution in [0.1, 0.15) is 32.7 Å². The Morgan fingerprint density at radius 2 is 1.93 bits per heavy atom. The zero-order valence-corrected chi connectivity index (χ0v) is 17.9. The highest BCUT2D eigenvalue weighted by atomic mass is 32.2. The molecule has 0 aliphatic carbocycles. The van der Waals surface area contributed by atoms with Crippen molar-refractivity contribution in [3.8, 4) is 11.4 Å². The number of hydrogen-bond acceptors (Lipinski definition) is 8. The van der Waals surface area contributed by atoms with E-state index in [1.807, 2.05) is 26.0 Å². The minimum atomic E-state index is -0.352. The maximum Gasteiger partial charge on any atom is 0.239 e. The van der Waals surface area contributed by atoms with E-state index < -0.39 is 0 Å². The number of nitrogens with one attached hydrogen (secondary N) is 1. The second-order valence-electron chi connectivity index (χ2n) is 6.65. The number of thioether (sulfide) groups is 1. The van der Waals surface area contributed by atoms with E-state index in [4.69, 9.17) is 0 Å². The molecule has 0 bridgehead atoms. The lowest BCUT2D eigenvalue weighted by Crippen LogP contribution is -2.23. The summed E-state index contributed by atoms with van der Waals surface area (Å²) in [7, 11) is 0. The summed E-state index contributed by atoms with van der Waals surface area (Å²) in [6.07, 6.45) is 4.27. The molecule has 0 aliphatic rings. The summed E-state index contributed by atoms with van der Waals surface area (Å²) in [5.74, 6) is 1.06. The van der Waals surface area contributed by atoms with Gasteiger partial charge in [0.05, 0.1) is 5.25 Å².